The number of hydrazone groups is 1. The Bertz CT molecular complexity index is 866. The van der Waals surface area contributed by atoms with Crippen molar-refractivity contribution in [2.24, 2.45) is 5.10 Å². The van der Waals surface area contributed by atoms with Crippen LogP contribution in [-0.2, 0) is 4.79 Å². The van der Waals surface area contributed by atoms with Gasteiger partial charge in [0.05, 0.1) is 25.4 Å². The SMILES string of the molecule is COc1cccc(C=NNC(=O)COc2ccc(C)cc2[N+](=O)[O-])c1OC. The van der Waals surface area contributed by atoms with E-state index in [4.69, 9.17) is 14.2 Å². The minimum absolute atomic E-state index is 0.0131. The summed E-state index contributed by atoms with van der Waals surface area (Å²) in [6.45, 7) is 1.31. The summed E-state index contributed by atoms with van der Waals surface area (Å²) in [4.78, 5) is 22.3. The van der Waals surface area contributed by atoms with Gasteiger partial charge in [-0.05, 0) is 30.7 Å². The number of rotatable bonds is 8. The summed E-state index contributed by atoms with van der Waals surface area (Å²) < 4.78 is 15.7. The normalized spacial score (nSPS) is 10.5. The summed E-state index contributed by atoms with van der Waals surface area (Å²) >= 11 is 0. The number of ether oxygens (including phenoxy) is 3. The molecule has 0 atom stereocenters. The molecule has 0 saturated heterocycles. The predicted molar refractivity (Wildman–Crippen MR) is 98.6 cm³/mol. The number of nitro groups is 1. The molecule has 1 N–H and O–H groups in total. The van der Waals surface area contributed by atoms with Crippen molar-refractivity contribution in [3.05, 3.63) is 57.6 Å². The van der Waals surface area contributed by atoms with Gasteiger partial charge in [-0.2, -0.15) is 5.10 Å². The molecule has 2 aromatic rings. The zero-order chi connectivity index (χ0) is 19.8. The highest BCUT2D eigenvalue weighted by atomic mass is 16.6. The molecule has 0 aromatic heterocycles. The first-order valence-corrected chi connectivity index (χ1v) is 7.87. The van der Waals surface area contributed by atoms with E-state index in [9.17, 15) is 14.9 Å². The van der Waals surface area contributed by atoms with Crippen molar-refractivity contribution in [3.8, 4) is 17.2 Å². The Morgan fingerprint density at radius 2 is 2.00 bits per heavy atom. The number of benzene rings is 2. The monoisotopic (exact) mass is 373 g/mol. The molecule has 0 heterocycles. The van der Waals surface area contributed by atoms with Crippen molar-refractivity contribution in [1.29, 1.82) is 0 Å². The van der Waals surface area contributed by atoms with E-state index in [-0.39, 0.29) is 11.4 Å². The van der Waals surface area contributed by atoms with Gasteiger partial charge >= 0.3 is 5.69 Å². The first-order chi connectivity index (χ1) is 13.0. The first kappa shape index (κ1) is 19.7. The average Bonchev–Trinajstić information content (AvgIpc) is 2.66. The maximum Gasteiger partial charge on any atom is 0.311 e. The molecule has 2 aromatic carbocycles. The van der Waals surface area contributed by atoms with Crippen LogP contribution in [0.5, 0.6) is 17.2 Å². The number of carbonyl (C=O) groups is 1. The van der Waals surface area contributed by atoms with Gasteiger partial charge in [-0.15, -0.1) is 0 Å². The van der Waals surface area contributed by atoms with Crippen LogP contribution in [0.2, 0.25) is 0 Å². The number of para-hydroxylation sites is 1. The standard InChI is InChI=1S/C18H19N3O6/c1-12-7-8-15(14(9-12)21(23)24)27-11-17(22)20-19-10-13-5-4-6-16(25-2)18(13)26-3/h4-10H,11H2,1-3H3,(H,20,22). The van der Waals surface area contributed by atoms with Crippen molar-refractivity contribution in [2.45, 2.75) is 6.92 Å². The Morgan fingerprint density at radius 3 is 2.67 bits per heavy atom. The number of nitrogens with zero attached hydrogens (tertiary/aromatic N) is 2. The van der Waals surface area contributed by atoms with Crippen LogP contribution in [0, 0.1) is 17.0 Å². The maximum absolute atomic E-state index is 11.9. The molecule has 0 radical (unpaired) electrons. The highest BCUT2D eigenvalue weighted by Crippen LogP contribution is 2.29. The number of hydrogen-bond acceptors (Lipinski definition) is 7. The lowest BCUT2D eigenvalue weighted by molar-refractivity contribution is -0.385. The topological polar surface area (TPSA) is 112 Å². The molecule has 142 valence electrons. The van der Waals surface area contributed by atoms with Gasteiger partial charge in [0.25, 0.3) is 5.91 Å². The van der Waals surface area contributed by atoms with Crippen molar-refractivity contribution in [3.63, 3.8) is 0 Å². The third-order valence-electron chi connectivity index (χ3n) is 3.50. The van der Waals surface area contributed by atoms with Crippen molar-refractivity contribution >= 4 is 17.8 Å². The fourth-order valence-electron chi connectivity index (χ4n) is 2.26. The fourth-order valence-corrected chi connectivity index (χ4v) is 2.26. The quantitative estimate of drug-likeness (QED) is 0.432. The molecular formula is C18H19N3O6. The van der Waals surface area contributed by atoms with E-state index in [0.29, 0.717) is 17.1 Å². The molecule has 1 amide bonds. The molecule has 0 aliphatic heterocycles. The molecule has 0 saturated carbocycles. The van der Waals surface area contributed by atoms with E-state index in [0.717, 1.165) is 5.56 Å². The maximum atomic E-state index is 11.9. The summed E-state index contributed by atoms with van der Waals surface area (Å²) in [6.07, 6.45) is 1.40. The number of amides is 1. The first-order valence-electron chi connectivity index (χ1n) is 7.87. The van der Waals surface area contributed by atoms with Gasteiger partial charge in [-0.25, -0.2) is 5.43 Å². The van der Waals surface area contributed by atoms with Crippen LogP contribution in [0.3, 0.4) is 0 Å². The van der Waals surface area contributed by atoms with Crippen LogP contribution in [0.4, 0.5) is 5.69 Å². The average molecular weight is 373 g/mol. The molecule has 0 spiro atoms. The van der Waals surface area contributed by atoms with Gasteiger partial charge in [0.1, 0.15) is 0 Å². The van der Waals surface area contributed by atoms with Gasteiger partial charge < -0.3 is 14.2 Å². The van der Waals surface area contributed by atoms with Crippen LogP contribution in [0.25, 0.3) is 0 Å². The molecule has 9 heteroatoms. The van der Waals surface area contributed by atoms with Gasteiger partial charge in [0, 0.05) is 11.6 Å². The lowest BCUT2D eigenvalue weighted by Gasteiger charge is -2.09. The second-order valence-electron chi connectivity index (χ2n) is 5.39. The number of nitrogens with one attached hydrogen (secondary N) is 1. The Labute approximate surface area is 155 Å². The second-order valence-corrected chi connectivity index (χ2v) is 5.39. The molecule has 0 unspecified atom stereocenters. The molecule has 0 fully saturated rings. The van der Waals surface area contributed by atoms with Crippen LogP contribution < -0.4 is 19.6 Å². The highest BCUT2D eigenvalue weighted by Gasteiger charge is 2.16. The number of nitro benzene ring substituents is 1. The zero-order valence-corrected chi connectivity index (χ0v) is 15.1. The molecule has 9 nitrogen and oxygen atoms in total. The summed E-state index contributed by atoms with van der Waals surface area (Å²) in [5.41, 5.74) is 3.41. The van der Waals surface area contributed by atoms with E-state index < -0.39 is 17.4 Å². The molecule has 0 aliphatic carbocycles. The van der Waals surface area contributed by atoms with Gasteiger partial charge in [0.15, 0.2) is 23.9 Å². The Morgan fingerprint density at radius 1 is 1.22 bits per heavy atom. The van der Waals surface area contributed by atoms with Crippen molar-refractivity contribution < 1.29 is 23.9 Å². The molecule has 27 heavy (non-hydrogen) atoms. The minimum atomic E-state index is -0.567. The second kappa shape index (κ2) is 9.18. The smallest absolute Gasteiger partial charge is 0.311 e. The van der Waals surface area contributed by atoms with Crippen LogP contribution in [0.1, 0.15) is 11.1 Å². The van der Waals surface area contributed by atoms with E-state index in [2.05, 4.69) is 10.5 Å². The third-order valence-corrected chi connectivity index (χ3v) is 3.50. The van der Waals surface area contributed by atoms with Gasteiger partial charge in [-0.3, -0.25) is 14.9 Å². The van der Waals surface area contributed by atoms with Crippen LogP contribution in [0.15, 0.2) is 41.5 Å². The Balaban J connectivity index is 1.98. The van der Waals surface area contributed by atoms with Crippen LogP contribution in [-0.4, -0.2) is 37.9 Å². The lowest BCUT2D eigenvalue weighted by Crippen LogP contribution is -2.24. The minimum Gasteiger partial charge on any atom is -0.493 e. The third kappa shape index (κ3) is 5.18. The lowest BCUT2D eigenvalue weighted by atomic mass is 10.2. The summed E-state index contributed by atoms with van der Waals surface area (Å²) in [7, 11) is 3.01. The van der Waals surface area contributed by atoms with Crippen molar-refractivity contribution in [1.82, 2.24) is 5.43 Å². The summed E-state index contributed by atoms with van der Waals surface area (Å²) in [5, 5.41) is 14.9. The molecular weight excluding hydrogens is 354 g/mol. The van der Waals surface area contributed by atoms with Gasteiger partial charge in [0.2, 0.25) is 0 Å². The molecule has 0 aliphatic rings. The number of methoxy groups -OCH3 is 2. The number of hydrogen-bond donors (Lipinski definition) is 1. The highest BCUT2D eigenvalue weighted by molar-refractivity contribution is 5.86. The number of aryl methyl sites for hydroxylation is 1. The fraction of sp³-hybridized carbons (Fsp3) is 0.222. The van der Waals surface area contributed by atoms with E-state index in [1.807, 2.05) is 0 Å². The van der Waals surface area contributed by atoms with Crippen LogP contribution >= 0.6 is 0 Å². The molecule has 0 bridgehead atoms. The van der Waals surface area contributed by atoms with Gasteiger partial charge in [-0.1, -0.05) is 12.1 Å². The largest absolute Gasteiger partial charge is 0.493 e. The Hall–Kier alpha value is -3.62. The molecule has 2 rings (SSSR count). The predicted octanol–water partition coefficient (Wildman–Crippen LogP) is 2.45. The van der Waals surface area contributed by atoms with E-state index in [1.165, 1.54) is 32.6 Å². The summed E-state index contributed by atoms with van der Waals surface area (Å²) in [6, 6.07) is 9.71. The Kier molecular flexibility index (Phi) is 6.70. The number of carbonyl (C=O) groups excluding carboxylic acids is 1. The van der Waals surface area contributed by atoms with Crippen molar-refractivity contribution in [2.75, 3.05) is 20.8 Å². The van der Waals surface area contributed by atoms with E-state index >= 15 is 0 Å². The summed E-state index contributed by atoms with van der Waals surface area (Å²) in [5.74, 6) is 0.453. The van der Waals surface area contributed by atoms with E-state index in [1.54, 1.807) is 31.2 Å². The zero-order valence-electron chi connectivity index (χ0n) is 15.1.